The number of hydrogen-bond donors (Lipinski definition) is 1. The highest BCUT2D eigenvalue weighted by molar-refractivity contribution is 6.31. The van der Waals surface area contributed by atoms with Crippen molar-refractivity contribution in [3.05, 3.63) is 58.9 Å². The molecule has 7 heteroatoms. The van der Waals surface area contributed by atoms with E-state index in [0.717, 1.165) is 24.2 Å². The molecule has 3 rings (SSSR count). The molecule has 3 amide bonds. The van der Waals surface area contributed by atoms with E-state index in [4.69, 9.17) is 11.6 Å². The van der Waals surface area contributed by atoms with E-state index in [2.05, 4.69) is 9.88 Å². The number of hydrogen-bond acceptors (Lipinski definition) is 2. The molecule has 0 bridgehead atoms. The van der Waals surface area contributed by atoms with Crippen LogP contribution in [0.3, 0.4) is 0 Å². The first-order chi connectivity index (χ1) is 13.6. The standard InChI is InChI=1S/C21H27ClN4O2/c1-3-11-23-21(28)24(4-2)15-19(27)26-14-13-25-12-7-10-18(25)20(26)16-8-5-6-9-17(16)22/h5-10,12,20H,3-4,11,13-15H2,1-2H3,(H,23,28)/t20-/m0/s1. The van der Waals surface area contributed by atoms with Crippen LogP contribution in [0.25, 0.3) is 0 Å². The van der Waals surface area contributed by atoms with Crippen LogP contribution in [0, 0.1) is 0 Å². The van der Waals surface area contributed by atoms with Crippen molar-refractivity contribution >= 4 is 23.5 Å². The topological polar surface area (TPSA) is 57.6 Å². The van der Waals surface area contributed by atoms with E-state index in [0.29, 0.717) is 24.7 Å². The molecule has 0 saturated carbocycles. The molecule has 0 unspecified atom stereocenters. The lowest BCUT2D eigenvalue weighted by atomic mass is 9.99. The van der Waals surface area contributed by atoms with Crippen LogP contribution in [0.4, 0.5) is 4.79 Å². The Morgan fingerprint density at radius 2 is 1.96 bits per heavy atom. The zero-order valence-electron chi connectivity index (χ0n) is 16.4. The number of rotatable bonds is 6. The van der Waals surface area contributed by atoms with Crippen molar-refractivity contribution in [3.63, 3.8) is 0 Å². The van der Waals surface area contributed by atoms with Crippen molar-refractivity contribution in [2.45, 2.75) is 32.9 Å². The van der Waals surface area contributed by atoms with Gasteiger partial charge < -0.3 is 19.7 Å². The highest BCUT2D eigenvalue weighted by Crippen LogP contribution is 2.36. The second-order valence-corrected chi connectivity index (χ2v) is 7.29. The maximum absolute atomic E-state index is 13.2. The summed E-state index contributed by atoms with van der Waals surface area (Å²) in [5.74, 6) is -0.0779. The minimum atomic E-state index is -0.262. The molecule has 1 aliphatic rings. The molecule has 1 N–H and O–H groups in total. The Bertz CT molecular complexity index is 835. The van der Waals surface area contributed by atoms with Crippen LogP contribution in [-0.4, -0.2) is 52.5 Å². The van der Waals surface area contributed by atoms with Crippen LogP contribution in [0.15, 0.2) is 42.6 Å². The lowest BCUT2D eigenvalue weighted by molar-refractivity contribution is -0.134. The maximum Gasteiger partial charge on any atom is 0.317 e. The van der Waals surface area contributed by atoms with Gasteiger partial charge in [-0.3, -0.25) is 4.79 Å². The molecule has 6 nitrogen and oxygen atoms in total. The second-order valence-electron chi connectivity index (χ2n) is 6.88. The Hall–Kier alpha value is -2.47. The number of carbonyl (C=O) groups is 2. The van der Waals surface area contributed by atoms with Crippen molar-refractivity contribution in [3.8, 4) is 0 Å². The van der Waals surface area contributed by atoms with Crippen molar-refractivity contribution < 1.29 is 9.59 Å². The van der Waals surface area contributed by atoms with Gasteiger partial charge in [-0.2, -0.15) is 0 Å². The van der Waals surface area contributed by atoms with Gasteiger partial charge in [-0.05, 0) is 37.1 Å². The smallest absolute Gasteiger partial charge is 0.317 e. The maximum atomic E-state index is 13.2. The zero-order chi connectivity index (χ0) is 20.1. The molecule has 150 valence electrons. The molecule has 2 heterocycles. The summed E-state index contributed by atoms with van der Waals surface area (Å²) in [7, 11) is 0. The average Bonchev–Trinajstić information content (AvgIpc) is 3.18. The molecule has 28 heavy (non-hydrogen) atoms. The molecule has 2 aromatic rings. The summed E-state index contributed by atoms with van der Waals surface area (Å²) in [5, 5.41) is 3.48. The van der Waals surface area contributed by atoms with Crippen molar-refractivity contribution in [2.24, 2.45) is 0 Å². The molecule has 1 aliphatic heterocycles. The number of urea groups is 1. The van der Waals surface area contributed by atoms with Gasteiger partial charge >= 0.3 is 6.03 Å². The number of carbonyl (C=O) groups excluding carboxylic acids is 2. The van der Waals surface area contributed by atoms with Crippen molar-refractivity contribution in [2.75, 3.05) is 26.2 Å². The van der Waals surface area contributed by atoms with Gasteiger partial charge in [0.15, 0.2) is 0 Å². The molecule has 0 saturated heterocycles. The number of nitrogens with zero attached hydrogens (tertiary/aromatic N) is 3. The summed E-state index contributed by atoms with van der Waals surface area (Å²) in [6.45, 7) is 6.30. The lowest BCUT2D eigenvalue weighted by Crippen LogP contribution is -2.50. The van der Waals surface area contributed by atoms with E-state index in [9.17, 15) is 9.59 Å². The summed E-state index contributed by atoms with van der Waals surface area (Å²) in [6.07, 6.45) is 2.88. The van der Waals surface area contributed by atoms with Gasteiger partial charge in [0.25, 0.3) is 0 Å². The quantitative estimate of drug-likeness (QED) is 0.803. The number of aromatic nitrogens is 1. The fraction of sp³-hybridized carbons (Fsp3) is 0.429. The molecular formula is C21H27ClN4O2. The molecule has 1 aromatic carbocycles. The predicted octanol–water partition coefficient (Wildman–Crippen LogP) is 3.51. The molecule has 0 spiro atoms. The average molecular weight is 403 g/mol. The van der Waals surface area contributed by atoms with E-state index in [1.54, 1.807) is 4.90 Å². The van der Waals surface area contributed by atoms with Gasteiger partial charge in [0.1, 0.15) is 6.54 Å². The fourth-order valence-electron chi connectivity index (χ4n) is 3.60. The molecule has 1 atom stereocenters. The first kappa shape index (κ1) is 20.3. The summed E-state index contributed by atoms with van der Waals surface area (Å²) in [6, 6.07) is 11.2. The van der Waals surface area contributed by atoms with E-state index in [-0.39, 0.29) is 24.5 Å². The Labute approximate surface area is 171 Å². The highest BCUT2D eigenvalue weighted by Gasteiger charge is 2.34. The fourth-order valence-corrected chi connectivity index (χ4v) is 3.84. The molecule has 1 aromatic heterocycles. The SMILES string of the molecule is CCCNC(=O)N(CC)CC(=O)N1CCn2cccc2[C@@H]1c1ccccc1Cl. The lowest BCUT2D eigenvalue weighted by Gasteiger charge is -2.38. The third-order valence-electron chi connectivity index (χ3n) is 5.08. The molecule has 0 fully saturated rings. The largest absolute Gasteiger partial charge is 0.348 e. The van der Waals surface area contributed by atoms with Gasteiger partial charge in [-0.1, -0.05) is 36.7 Å². The number of nitrogens with one attached hydrogen (secondary N) is 1. The van der Waals surface area contributed by atoms with Crippen LogP contribution < -0.4 is 5.32 Å². The third kappa shape index (κ3) is 4.17. The second kappa shape index (κ2) is 9.15. The first-order valence-corrected chi connectivity index (χ1v) is 10.2. The van der Waals surface area contributed by atoms with Crippen LogP contribution in [0.2, 0.25) is 5.02 Å². The molecule has 0 aliphatic carbocycles. The first-order valence-electron chi connectivity index (χ1n) is 9.78. The normalized spacial score (nSPS) is 15.8. The van der Waals surface area contributed by atoms with Crippen LogP contribution in [0.5, 0.6) is 0 Å². The highest BCUT2D eigenvalue weighted by atomic mass is 35.5. The molecule has 0 radical (unpaired) electrons. The van der Waals surface area contributed by atoms with Crippen LogP contribution in [0.1, 0.15) is 37.6 Å². The van der Waals surface area contributed by atoms with Gasteiger partial charge in [0, 0.05) is 43.1 Å². The van der Waals surface area contributed by atoms with Crippen molar-refractivity contribution in [1.29, 1.82) is 0 Å². The number of likely N-dealkylation sites (N-methyl/N-ethyl adjacent to an activating group) is 1. The summed E-state index contributed by atoms with van der Waals surface area (Å²) < 4.78 is 2.16. The van der Waals surface area contributed by atoms with E-state index < -0.39 is 0 Å². The Morgan fingerprint density at radius 3 is 2.68 bits per heavy atom. The van der Waals surface area contributed by atoms with Gasteiger partial charge in [-0.15, -0.1) is 0 Å². The van der Waals surface area contributed by atoms with Gasteiger partial charge in [0.05, 0.1) is 6.04 Å². The monoisotopic (exact) mass is 402 g/mol. The van der Waals surface area contributed by atoms with Crippen LogP contribution in [-0.2, 0) is 11.3 Å². The third-order valence-corrected chi connectivity index (χ3v) is 5.42. The summed E-state index contributed by atoms with van der Waals surface area (Å²) >= 11 is 6.48. The Balaban J connectivity index is 1.86. The van der Waals surface area contributed by atoms with Gasteiger partial charge in [-0.25, -0.2) is 4.79 Å². The zero-order valence-corrected chi connectivity index (χ0v) is 17.2. The predicted molar refractivity (Wildman–Crippen MR) is 110 cm³/mol. The number of halogens is 1. The summed E-state index contributed by atoms with van der Waals surface area (Å²) in [4.78, 5) is 28.9. The Kier molecular flexibility index (Phi) is 6.62. The minimum absolute atomic E-state index is 0.0493. The van der Waals surface area contributed by atoms with E-state index in [1.165, 1.54) is 0 Å². The number of amides is 3. The molecular weight excluding hydrogens is 376 g/mol. The number of fused-ring (bicyclic) bond motifs is 1. The van der Waals surface area contributed by atoms with E-state index in [1.807, 2.05) is 61.3 Å². The minimum Gasteiger partial charge on any atom is -0.348 e. The van der Waals surface area contributed by atoms with Gasteiger partial charge in [0.2, 0.25) is 5.91 Å². The van der Waals surface area contributed by atoms with Crippen LogP contribution >= 0.6 is 11.6 Å². The van der Waals surface area contributed by atoms with Crippen molar-refractivity contribution in [1.82, 2.24) is 19.7 Å². The van der Waals surface area contributed by atoms with E-state index >= 15 is 0 Å². The number of benzene rings is 1. The summed E-state index contributed by atoms with van der Waals surface area (Å²) in [5.41, 5.74) is 1.93. The Morgan fingerprint density at radius 1 is 1.18 bits per heavy atom.